The molecule has 2 atom stereocenters. The van der Waals surface area contributed by atoms with Crippen LogP contribution in [0.4, 0.5) is 0 Å². The molecule has 2 rings (SSSR count). The van der Waals surface area contributed by atoms with E-state index in [1.54, 1.807) is 30.3 Å². The number of phenols is 1. The molecule has 0 aliphatic heterocycles. The van der Waals surface area contributed by atoms with Crippen LogP contribution in [0.2, 0.25) is 0 Å². The highest BCUT2D eigenvalue weighted by molar-refractivity contribution is 5.74. The molecule has 138 valence electrons. The molecule has 2 aromatic carbocycles. The van der Waals surface area contributed by atoms with Crippen LogP contribution in [0, 0.1) is 0 Å². The minimum Gasteiger partial charge on any atom is -0.504 e. The van der Waals surface area contributed by atoms with Gasteiger partial charge in [0.15, 0.2) is 11.5 Å². The lowest BCUT2D eigenvalue weighted by atomic mass is 10.1. The number of carboxylic acids is 2. The van der Waals surface area contributed by atoms with Crippen molar-refractivity contribution in [1.29, 1.82) is 0 Å². The molecule has 2 aromatic rings. The number of aliphatic carboxylic acids is 2. The summed E-state index contributed by atoms with van der Waals surface area (Å²) in [7, 11) is 0. The van der Waals surface area contributed by atoms with Gasteiger partial charge in [-0.2, -0.15) is 0 Å². The van der Waals surface area contributed by atoms with E-state index in [9.17, 15) is 14.7 Å². The van der Waals surface area contributed by atoms with E-state index in [1.165, 1.54) is 12.1 Å². The fourth-order valence-corrected chi connectivity index (χ4v) is 2.27. The van der Waals surface area contributed by atoms with E-state index in [0.717, 1.165) is 5.56 Å². The molecule has 0 aliphatic rings. The molecule has 7 N–H and O–H groups in total. The number of benzene rings is 2. The summed E-state index contributed by atoms with van der Waals surface area (Å²) in [5.74, 6) is -1.71. The number of hydrogen-bond acceptors (Lipinski definition) is 6. The van der Waals surface area contributed by atoms with Crippen molar-refractivity contribution in [3.8, 4) is 17.2 Å². The third kappa shape index (κ3) is 5.20. The highest BCUT2D eigenvalue weighted by atomic mass is 16.5. The predicted molar refractivity (Wildman–Crippen MR) is 93.3 cm³/mol. The van der Waals surface area contributed by atoms with Gasteiger partial charge in [0.2, 0.25) is 0 Å². The minimum atomic E-state index is -1.12. The number of carbonyl (C=O) groups is 2. The number of aromatic hydroxyl groups is 1. The summed E-state index contributed by atoms with van der Waals surface area (Å²) in [6.45, 7) is 0. The number of rotatable bonds is 8. The van der Waals surface area contributed by atoms with Crippen LogP contribution in [0.25, 0.3) is 0 Å². The number of carboxylic acid groups (broad SMARTS) is 2. The van der Waals surface area contributed by atoms with E-state index in [1.807, 2.05) is 0 Å². The summed E-state index contributed by atoms with van der Waals surface area (Å²) in [4.78, 5) is 21.6. The van der Waals surface area contributed by atoms with E-state index < -0.39 is 24.0 Å². The minimum absolute atomic E-state index is 0.0952. The monoisotopic (exact) mass is 360 g/mol. The van der Waals surface area contributed by atoms with Gasteiger partial charge in [-0.25, -0.2) is 0 Å². The van der Waals surface area contributed by atoms with E-state index in [0.29, 0.717) is 11.3 Å². The van der Waals surface area contributed by atoms with Crippen molar-refractivity contribution < 1.29 is 29.6 Å². The number of nitrogens with two attached hydrogens (primary N) is 2. The quantitative estimate of drug-likeness (QED) is 0.468. The Labute approximate surface area is 149 Å². The molecule has 0 radical (unpaired) electrons. The van der Waals surface area contributed by atoms with Gasteiger partial charge in [-0.05, 0) is 48.2 Å². The fourth-order valence-electron chi connectivity index (χ4n) is 2.27. The van der Waals surface area contributed by atoms with E-state index >= 15 is 0 Å². The summed E-state index contributed by atoms with van der Waals surface area (Å²) in [6.07, 6.45) is 0.279. The zero-order valence-corrected chi connectivity index (χ0v) is 13.8. The van der Waals surface area contributed by atoms with Gasteiger partial charge in [0.05, 0.1) is 0 Å². The molecule has 0 bridgehead atoms. The molecule has 0 aliphatic carbocycles. The van der Waals surface area contributed by atoms with Crippen molar-refractivity contribution in [3.63, 3.8) is 0 Å². The Morgan fingerprint density at radius 3 is 1.92 bits per heavy atom. The van der Waals surface area contributed by atoms with E-state index in [4.69, 9.17) is 26.4 Å². The van der Waals surface area contributed by atoms with Crippen molar-refractivity contribution in [2.75, 3.05) is 0 Å². The van der Waals surface area contributed by atoms with Crippen LogP contribution in [0.15, 0.2) is 42.5 Å². The van der Waals surface area contributed by atoms with Crippen LogP contribution in [-0.2, 0) is 22.4 Å². The lowest BCUT2D eigenvalue weighted by molar-refractivity contribution is -0.139. The zero-order valence-electron chi connectivity index (χ0n) is 13.8. The van der Waals surface area contributed by atoms with E-state index in [2.05, 4.69) is 0 Å². The summed E-state index contributed by atoms with van der Waals surface area (Å²) < 4.78 is 5.61. The summed E-state index contributed by atoms with van der Waals surface area (Å²) in [6, 6.07) is 9.07. The lowest BCUT2D eigenvalue weighted by Gasteiger charge is -2.12. The second kappa shape index (κ2) is 8.32. The Morgan fingerprint density at radius 2 is 1.38 bits per heavy atom. The molecular formula is C18H20N2O6. The topological polar surface area (TPSA) is 156 Å². The average molecular weight is 360 g/mol. The van der Waals surface area contributed by atoms with Gasteiger partial charge in [-0.3, -0.25) is 9.59 Å². The molecule has 0 aromatic heterocycles. The van der Waals surface area contributed by atoms with Gasteiger partial charge in [0.25, 0.3) is 0 Å². The zero-order chi connectivity index (χ0) is 19.3. The second-order valence-corrected chi connectivity index (χ2v) is 5.85. The normalized spacial score (nSPS) is 13.0. The molecule has 0 saturated heterocycles. The Morgan fingerprint density at radius 1 is 0.885 bits per heavy atom. The van der Waals surface area contributed by atoms with Crippen LogP contribution < -0.4 is 16.2 Å². The van der Waals surface area contributed by atoms with Gasteiger partial charge in [-0.15, -0.1) is 0 Å². The maximum Gasteiger partial charge on any atom is 0.320 e. The van der Waals surface area contributed by atoms with E-state index in [-0.39, 0.29) is 24.3 Å². The molecular weight excluding hydrogens is 340 g/mol. The van der Waals surface area contributed by atoms with Crippen LogP contribution in [-0.4, -0.2) is 39.3 Å². The SMILES string of the molecule is N[C@@H](Cc1ccc(Oc2cc(C[C@H](N)C(=O)O)ccc2O)cc1)C(=O)O. The summed E-state index contributed by atoms with van der Waals surface area (Å²) >= 11 is 0. The van der Waals surface area contributed by atoms with Gasteiger partial charge in [0, 0.05) is 0 Å². The molecule has 0 saturated carbocycles. The van der Waals surface area contributed by atoms with Crippen molar-refractivity contribution in [3.05, 3.63) is 53.6 Å². The number of phenolic OH excluding ortho intramolecular Hbond substituents is 1. The Hall–Kier alpha value is -3.10. The van der Waals surface area contributed by atoms with Gasteiger partial charge in [-0.1, -0.05) is 18.2 Å². The molecule has 0 amide bonds. The first kappa shape index (κ1) is 19.2. The molecule has 8 nitrogen and oxygen atoms in total. The highest BCUT2D eigenvalue weighted by Gasteiger charge is 2.15. The third-order valence-electron chi connectivity index (χ3n) is 3.72. The Bertz CT molecular complexity index is 791. The average Bonchev–Trinajstić information content (AvgIpc) is 2.59. The van der Waals surface area contributed by atoms with Crippen LogP contribution in [0.5, 0.6) is 17.2 Å². The fraction of sp³-hybridized carbons (Fsp3) is 0.222. The maximum atomic E-state index is 10.8. The second-order valence-electron chi connectivity index (χ2n) is 5.85. The maximum absolute atomic E-state index is 10.8. The molecule has 0 spiro atoms. The largest absolute Gasteiger partial charge is 0.504 e. The third-order valence-corrected chi connectivity index (χ3v) is 3.72. The van der Waals surface area contributed by atoms with Crippen molar-refractivity contribution in [1.82, 2.24) is 0 Å². The van der Waals surface area contributed by atoms with Crippen LogP contribution in [0.3, 0.4) is 0 Å². The molecule has 0 heterocycles. The Balaban J connectivity index is 2.10. The molecule has 0 unspecified atom stereocenters. The van der Waals surface area contributed by atoms with Gasteiger partial charge < -0.3 is 31.5 Å². The van der Waals surface area contributed by atoms with Gasteiger partial charge >= 0.3 is 11.9 Å². The standard InChI is InChI=1S/C18H20N2O6/c19-13(17(22)23)7-10-1-4-12(5-2-10)26-16-9-11(3-6-15(16)21)8-14(20)18(24)25/h1-6,9,13-14,21H,7-8,19-20H2,(H,22,23)(H,24,25)/t13-,14-/m0/s1. The van der Waals surface area contributed by atoms with Gasteiger partial charge in [0.1, 0.15) is 17.8 Å². The molecule has 0 fully saturated rings. The predicted octanol–water partition coefficient (Wildman–Crippen LogP) is 1.09. The summed E-state index contributed by atoms with van der Waals surface area (Å²) in [5.41, 5.74) is 12.3. The number of ether oxygens (including phenoxy) is 1. The number of hydrogen-bond donors (Lipinski definition) is 5. The smallest absolute Gasteiger partial charge is 0.320 e. The van der Waals surface area contributed by atoms with Crippen molar-refractivity contribution >= 4 is 11.9 Å². The van der Waals surface area contributed by atoms with Crippen molar-refractivity contribution in [2.24, 2.45) is 11.5 Å². The first-order chi connectivity index (χ1) is 12.3. The highest BCUT2D eigenvalue weighted by Crippen LogP contribution is 2.32. The summed E-state index contributed by atoms with van der Waals surface area (Å²) in [5, 5.41) is 27.6. The molecule has 8 heteroatoms. The first-order valence-electron chi connectivity index (χ1n) is 7.81. The first-order valence-corrected chi connectivity index (χ1v) is 7.81. The Kier molecular flexibility index (Phi) is 6.16. The van der Waals surface area contributed by atoms with Crippen molar-refractivity contribution in [2.45, 2.75) is 24.9 Å². The van der Waals surface area contributed by atoms with Crippen LogP contribution in [0.1, 0.15) is 11.1 Å². The van der Waals surface area contributed by atoms with Crippen LogP contribution >= 0.6 is 0 Å². The lowest BCUT2D eigenvalue weighted by Crippen LogP contribution is -2.32. The molecule has 26 heavy (non-hydrogen) atoms.